The van der Waals surface area contributed by atoms with Gasteiger partial charge in [-0.25, -0.2) is 8.98 Å². The Hall–Kier alpha value is -2.58. The van der Waals surface area contributed by atoms with E-state index in [1.54, 1.807) is 24.3 Å². The van der Waals surface area contributed by atoms with Gasteiger partial charge in [-0.2, -0.15) is 8.42 Å². The van der Waals surface area contributed by atoms with Gasteiger partial charge < -0.3 is 14.6 Å². The Kier molecular flexibility index (Phi) is 5.23. The first kappa shape index (κ1) is 19.7. The minimum atomic E-state index is -4.33. The second kappa shape index (κ2) is 7.68. The average Bonchev–Trinajstić information content (AvgIpc) is 3.29. The molecule has 0 amide bonds. The molecule has 0 bridgehead atoms. The number of carboxylic acid groups (broad SMARTS) is 1. The summed E-state index contributed by atoms with van der Waals surface area (Å²) in [6.45, 7) is 1.95. The summed E-state index contributed by atoms with van der Waals surface area (Å²) in [6.07, 6.45) is 1.79. The molecule has 4 rings (SSSR count). The number of para-hydroxylation sites is 1. The van der Waals surface area contributed by atoms with Gasteiger partial charge in [-0.05, 0) is 49.4 Å². The van der Waals surface area contributed by atoms with Crippen LogP contribution in [-0.4, -0.2) is 31.9 Å². The molecule has 0 saturated heterocycles. The molecule has 3 unspecified atom stereocenters. The Bertz CT molecular complexity index is 1010. The summed E-state index contributed by atoms with van der Waals surface area (Å²) in [6, 6.07) is 11.3. The number of rotatable bonds is 7. The van der Waals surface area contributed by atoms with Crippen LogP contribution in [0.15, 0.2) is 47.4 Å². The summed E-state index contributed by atoms with van der Waals surface area (Å²) in [5, 5.41) is 9.48. The third-order valence-electron chi connectivity index (χ3n) is 5.40. The fraction of sp³-hybridized carbons (Fsp3) is 0.381. The molecule has 1 saturated carbocycles. The van der Waals surface area contributed by atoms with E-state index >= 15 is 0 Å². The van der Waals surface area contributed by atoms with Gasteiger partial charge in [0.2, 0.25) is 0 Å². The number of fused-ring (bicyclic) bond motifs is 3. The third-order valence-corrected chi connectivity index (χ3v) is 6.68. The lowest BCUT2D eigenvalue weighted by atomic mass is 9.97. The monoisotopic (exact) mass is 418 g/mol. The standard InChI is InChI=1S/C21H22O7S/c1-2-13-9-11-14(12-10-13)29(24,25)28-21(20(22)23)27-18-8-4-6-16-15-5-3-7-17(15)26-19(16)18/h4,6,8-12,15,17,21H,2-3,5,7H2,1H3,(H,22,23). The van der Waals surface area contributed by atoms with Crippen LogP contribution in [0.25, 0.3) is 0 Å². The predicted octanol–water partition coefficient (Wildman–Crippen LogP) is 3.47. The number of carboxylic acids is 1. The van der Waals surface area contributed by atoms with Crippen molar-refractivity contribution in [2.75, 3.05) is 0 Å². The molecular formula is C21H22O7S. The maximum absolute atomic E-state index is 12.5. The molecule has 0 spiro atoms. The van der Waals surface area contributed by atoms with E-state index in [9.17, 15) is 18.3 Å². The highest BCUT2D eigenvalue weighted by Crippen LogP contribution is 2.50. The zero-order valence-electron chi connectivity index (χ0n) is 15.9. The molecule has 1 aliphatic carbocycles. The maximum Gasteiger partial charge on any atom is 0.375 e. The van der Waals surface area contributed by atoms with Gasteiger partial charge in [-0.1, -0.05) is 31.2 Å². The highest BCUT2D eigenvalue weighted by atomic mass is 32.2. The van der Waals surface area contributed by atoms with E-state index in [1.807, 2.05) is 13.0 Å². The predicted molar refractivity (Wildman–Crippen MR) is 104 cm³/mol. The maximum atomic E-state index is 12.5. The van der Waals surface area contributed by atoms with Crippen molar-refractivity contribution in [2.45, 2.75) is 55.8 Å². The molecule has 1 fully saturated rings. The number of carbonyl (C=O) groups is 1. The van der Waals surface area contributed by atoms with Crippen molar-refractivity contribution in [2.24, 2.45) is 0 Å². The SMILES string of the molecule is CCc1ccc(S(=O)(=O)OC(Oc2cccc3c2OC2CCCC32)C(=O)O)cc1. The van der Waals surface area contributed by atoms with E-state index in [0.29, 0.717) is 5.75 Å². The molecule has 2 aromatic rings. The largest absolute Gasteiger partial charge is 0.486 e. The molecular weight excluding hydrogens is 396 g/mol. The Morgan fingerprint density at radius 2 is 1.97 bits per heavy atom. The summed E-state index contributed by atoms with van der Waals surface area (Å²) in [4.78, 5) is 11.5. The van der Waals surface area contributed by atoms with Gasteiger partial charge in [0.25, 0.3) is 0 Å². The first-order valence-corrected chi connectivity index (χ1v) is 11.0. The lowest BCUT2D eigenvalue weighted by molar-refractivity contribution is -0.158. The van der Waals surface area contributed by atoms with Crippen LogP contribution in [0.4, 0.5) is 0 Å². The van der Waals surface area contributed by atoms with Gasteiger partial charge >= 0.3 is 22.4 Å². The van der Waals surface area contributed by atoms with Gasteiger partial charge in [-0.3, -0.25) is 0 Å². The fourth-order valence-electron chi connectivity index (χ4n) is 3.91. The van der Waals surface area contributed by atoms with Crippen LogP contribution in [0.3, 0.4) is 0 Å². The van der Waals surface area contributed by atoms with Gasteiger partial charge in [0.1, 0.15) is 6.10 Å². The zero-order valence-corrected chi connectivity index (χ0v) is 16.7. The van der Waals surface area contributed by atoms with Gasteiger partial charge in [-0.15, -0.1) is 0 Å². The van der Waals surface area contributed by atoms with Crippen LogP contribution in [-0.2, 0) is 25.5 Å². The molecule has 29 heavy (non-hydrogen) atoms. The average molecular weight is 418 g/mol. The van der Waals surface area contributed by atoms with E-state index in [0.717, 1.165) is 36.8 Å². The van der Waals surface area contributed by atoms with Crippen molar-refractivity contribution in [3.05, 3.63) is 53.6 Å². The summed E-state index contributed by atoms with van der Waals surface area (Å²) in [5.41, 5.74) is 1.92. The van der Waals surface area contributed by atoms with E-state index in [2.05, 4.69) is 0 Å². The molecule has 154 valence electrons. The Morgan fingerprint density at radius 3 is 2.66 bits per heavy atom. The number of hydrogen-bond donors (Lipinski definition) is 1. The van der Waals surface area contributed by atoms with Gasteiger partial charge in [0, 0.05) is 11.5 Å². The highest BCUT2D eigenvalue weighted by Gasteiger charge is 2.40. The minimum Gasteiger partial charge on any atom is -0.486 e. The molecule has 0 radical (unpaired) electrons. The molecule has 8 heteroatoms. The minimum absolute atomic E-state index is 0.0553. The van der Waals surface area contributed by atoms with Crippen LogP contribution in [0, 0.1) is 0 Å². The van der Waals surface area contributed by atoms with Crippen molar-refractivity contribution < 1.29 is 32.0 Å². The molecule has 7 nitrogen and oxygen atoms in total. The quantitative estimate of drug-likeness (QED) is 0.543. The molecule has 2 aliphatic rings. The van der Waals surface area contributed by atoms with Crippen LogP contribution in [0.1, 0.15) is 43.2 Å². The summed E-state index contributed by atoms with van der Waals surface area (Å²) in [7, 11) is -4.33. The molecule has 1 aliphatic heterocycles. The number of benzene rings is 2. The summed E-state index contributed by atoms with van der Waals surface area (Å²) in [5.74, 6) is -0.643. The second-order valence-corrected chi connectivity index (χ2v) is 8.78. The van der Waals surface area contributed by atoms with Crippen LogP contribution in [0.2, 0.25) is 0 Å². The second-order valence-electron chi connectivity index (χ2n) is 7.20. The lowest BCUT2D eigenvalue weighted by Crippen LogP contribution is -2.32. The van der Waals surface area contributed by atoms with E-state index in [1.165, 1.54) is 12.1 Å². The summed E-state index contributed by atoms with van der Waals surface area (Å²) >= 11 is 0. The third kappa shape index (κ3) is 3.82. The first-order chi connectivity index (χ1) is 13.9. The van der Waals surface area contributed by atoms with Crippen molar-refractivity contribution in [3.8, 4) is 11.5 Å². The zero-order chi connectivity index (χ0) is 20.6. The van der Waals surface area contributed by atoms with Gasteiger partial charge in [0.15, 0.2) is 11.5 Å². The van der Waals surface area contributed by atoms with Crippen LogP contribution >= 0.6 is 0 Å². The Balaban J connectivity index is 1.57. The number of hydrogen-bond acceptors (Lipinski definition) is 6. The number of ether oxygens (including phenoxy) is 2. The molecule has 2 aromatic carbocycles. The first-order valence-electron chi connectivity index (χ1n) is 9.60. The topological polar surface area (TPSA) is 99.1 Å². The molecule has 3 atom stereocenters. The molecule has 0 aromatic heterocycles. The van der Waals surface area contributed by atoms with Crippen LogP contribution in [0.5, 0.6) is 11.5 Å². The normalized spacial score (nSPS) is 21.1. The van der Waals surface area contributed by atoms with Crippen LogP contribution < -0.4 is 9.47 Å². The molecule has 1 heterocycles. The number of aliphatic carboxylic acids is 1. The van der Waals surface area contributed by atoms with Crippen molar-refractivity contribution >= 4 is 16.1 Å². The Morgan fingerprint density at radius 1 is 1.21 bits per heavy atom. The van der Waals surface area contributed by atoms with E-state index in [4.69, 9.17) is 13.7 Å². The smallest absolute Gasteiger partial charge is 0.375 e. The van der Waals surface area contributed by atoms with E-state index < -0.39 is 22.4 Å². The van der Waals surface area contributed by atoms with E-state index in [-0.39, 0.29) is 22.7 Å². The summed E-state index contributed by atoms with van der Waals surface area (Å²) < 4.78 is 41.4. The van der Waals surface area contributed by atoms with Crippen molar-refractivity contribution in [3.63, 3.8) is 0 Å². The molecule has 1 N–H and O–H groups in total. The number of aryl methyl sites for hydroxylation is 1. The fourth-order valence-corrected chi connectivity index (χ4v) is 4.84. The lowest BCUT2D eigenvalue weighted by Gasteiger charge is -2.17. The van der Waals surface area contributed by atoms with Crippen molar-refractivity contribution in [1.82, 2.24) is 0 Å². The van der Waals surface area contributed by atoms with Crippen molar-refractivity contribution in [1.29, 1.82) is 0 Å². The van der Waals surface area contributed by atoms with Gasteiger partial charge in [0.05, 0.1) is 4.90 Å². The highest BCUT2D eigenvalue weighted by molar-refractivity contribution is 7.86. The Labute approximate surface area is 169 Å².